The van der Waals surface area contributed by atoms with Crippen molar-refractivity contribution in [2.24, 2.45) is 11.8 Å². The van der Waals surface area contributed by atoms with Crippen LogP contribution in [-0.2, 0) is 28.6 Å². The summed E-state index contributed by atoms with van der Waals surface area (Å²) in [5.74, 6) is -2.45. The maximum absolute atomic E-state index is 13.6. The van der Waals surface area contributed by atoms with Crippen molar-refractivity contribution in [3.05, 3.63) is 53.1 Å². The van der Waals surface area contributed by atoms with E-state index in [0.29, 0.717) is 5.56 Å². The summed E-state index contributed by atoms with van der Waals surface area (Å²) in [6.07, 6.45) is 5.09. The molecule has 1 aliphatic heterocycles. The first-order valence-corrected chi connectivity index (χ1v) is 15.2. The molecule has 3 fully saturated rings. The van der Waals surface area contributed by atoms with Crippen molar-refractivity contribution in [3.63, 3.8) is 0 Å². The highest BCUT2D eigenvalue weighted by Crippen LogP contribution is 2.59. The molecule has 3 amide bonds. The van der Waals surface area contributed by atoms with E-state index in [2.05, 4.69) is 10.6 Å². The second-order valence-corrected chi connectivity index (χ2v) is 12.1. The Hall–Kier alpha value is -3.58. The molecule has 12 heteroatoms. The first-order valence-electron chi connectivity index (χ1n) is 15.2. The number of hydrogen-bond acceptors (Lipinski definition) is 9. The number of carbonyl (C=O) groups excluding carboxylic acids is 4. The van der Waals surface area contributed by atoms with Gasteiger partial charge in [-0.2, -0.15) is 0 Å². The summed E-state index contributed by atoms with van der Waals surface area (Å²) in [5.41, 5.74) is 0.980. The summed E-state index contributed by atoms with van der Waals surface area (Å²) in [7, 11) is 3.26. The number of benzene rings is 1. The summed E-state index contributed by atoms with van der Waals surface area (Å²) in [6, 6.07) is 5.49. The minimum atomic E-state index is -1.27. The van der Waals surface area contributed by atoms with Crippen LogP contribution in [0.1, 0.15) is 54.9 Å². The van der Waals surface area contributed by atoms with E-state index < -0.39 is 54.0 Å². The summed E-state index contributed by atoms with van der Waals surface area (Å²) in [6.45, 7) is 1.06. The van der Waals surface area contributed by atoms with Gasteiger partial charge in [0.25, 0.3) is 0 Å². The van der Waals surface area contributed by atoms with Crippen LogP contribution in [0.25, 0.3) is 6.08 Å². The molecule has 1 heterocycles. The fourth-order valence-corrected chi connectivity index (χ4v) is 5.84. The van der Waals surface area contributed by atoms with Gasteiger partial charge in [0.2, 0.25) is 17.7 Å². The van der Waals surface area contributed by atoms with Crippen LogP contribution in [0.15, 0.2) is 42.0 Å². The summed E-state index contributed by atoms with van der Waals surface area (Å²) in [4.78, 5) is 53.2. The van der Waals surface area contributed by atoms with Crippen molar-refractivity contribution in [3.8, 4) is 0 Å². The number of aliphatic hydroxyl groups excluding tert-OH is 2. The highest BCUT2D eigenvalue weighted by molar-refractivity contribution is 5.98. The maximum atomic E-state index is 13.6. The number of ether oxygens (including phenoxy) is 3. The lowest BCUT2D eigenvalue weighted by atomic mass is 9.91. The molecule has 12 nitrogen and oxygen atoms in total. The lowest BCUT2D eigenvalue weighted by molar-refractivity contribution is -0.209. The predicted molar refractivity (Wildman–Crippen MR) is 158 cm³/mol. The van der Waals surface area contributed by atoms with Gasteiger partial charge in [0, 0.05) is 50.5 Å². The number of fused-ring (bicyclic) bond motifs is 1. The van der Waals surface area contributed by atoms with Crippen LogP contribution in [0.4, 0.5) is 0 Å². The molecule has 238 valence electrons. The first-order chi connectivity index (χ1) is 21.0. The van der Waals surface area contributed by atoms with Gasteiger partial charge in [0.15, 0.2) is 5.79 Å². The fourth-order valence-electron chi connectivity index (χ4n) is 5.84. The monoisotopic (exact) mass is 611 g/mol. The van der Waals surface area contributed by atoms with Crippen LogP contribution in [0.2, 0.25) is 0 Å². The Morgan fingerprint density at radius 2 is 1.80 bits per heavy atom. The second kappa shape index (κ2) is 13.2. The second-order valence-electron chi connectivity index (χ2n) is 12.1. The molecule has 2 saturated carbocycles. The third-order valence-corrected chi connectivity index (χ3v) is 8.45. The van der Waals surface area contributed by atoms with Gasteiger partial charge in [-0.25, -0.2) is 4.79 Å². The number of hydrogen-bond donors (Lipinski definition) is 4. The highest BCUT2D eigenvalue weighted by atomic mass is 16.8. The summed E-state index contributed by atoms with van der Waals surface area (Å²) >= 11 is 0. The van der Waals surface area contributed by atoms with Gasteiger partial charge in [0.05, 0.1) is 18.3 Å². The van der Waals surface area contributed by atoms with Crippen LogP contribution in [0.3, 0.4) is 0 Å². The Morgan fingerprint density at radius 1 is 1.11 bits per heavy atom. The van der Waals surface area contributed by atoms with E-state index in [1.165, 1.54) is 17.9 Å². The molecular formula is C32H41N3O9. The zero-order valence-corrected chi connectivity index (χ0v) is 25.2. The number of nitrogens with zero attached hydrogens (tertiary/aromatic N) is 1. The van der Waals surface area contributed by atoms with Crippen molar-refractivity contribution in [2.75, 3.05) is 27.2 Å². The molecular weight excluding hydrogens is 570 g/mol. The lowest BCUT2D eigenvalue weighted by Gasteiger charge is -2.31. The molecule has 0 spiro atoms. The van der Waals surface area contributed by atoms with Crippen molar-refractivity contribution in [2.45, 2.75) is 75.3 Å². The molecule has 5 rings (SSSR count). The molecule has 1 saturated heterocycles. The number of likely N-dealkylation sites (N-methyl/N-ethyl adjacent to an activating group) is 1. The number of aliphatic hydroxyl groups is 2. The highest BCUT2D eigenvalue weighted by Gasteiger charge is 2.64. The van der Waals surface area contributed by atoms with Gasteiger partial charge in [-0.3, -0.25) is 14.4 Å². The molecule has 1 aromatic rings. The normalized spacial score (nSPS) is 25.4. The third-order valence-electron chi connectivity index (χ3n) is 8.45. The molecule has 4 N–H and O–H groups in total. The predicted octanol–water partition coefficient (Wildman–Crippen LogP) is 0.918. The summed E-state index contributed by atoms with van der Waals surface area (Å²) in [5, 5.41) is 24.3. The quantitative estimate of drug-likeness (QED) is 0.199. The average Bonchev–Trinajstić information content (AvgIpc) is 3.94. The molecule has 0 bridgehead atoms. The smallest absolute Gasteiger partial charge is 0.339 e. The van der Waals surface area contributed by atoms with Gasteiger partial charge in [-0.05, 0) is 56.4 Å². The molecule has 44 heavy (non-hydrogen) atoms. The number of amides is 3. The molecule has 4 aliphatic rings. The minimum absolute atomic E-state index is 0.00454. The van der Waals surface area contributed by atoms with E-state index in [-0.39, 0.29) is 48.5 Å². The molecule has 0 radical (unpaired) electrons. The zero-order chi connectivity index (χ0) is 31.6. The van der Waals surface area contributed by atoms with Gasteiger partial charge < -0.3 is 40.0 Å². The Bertz CT molecular complexity index is 1320. The molecule has 0 unspecified atom stereocenters. The van der Waals surface area contributed by atoms with Crippen molar-refractivity contribution in [1.82, 2.24) is 15.5 Å². The van der Waals surface area contributed by atoms with Crippen LogP contribution < -0.4 is 10.6 Å². The molecule has 5 atom stereocenters. The van der Waals surface area contributed by atoms with Gasteiger partial charge in [0.1, 0.15) is 24.4 Å². The average molecular weight is 612 g/mol. The largest absolute Gasteiger partial charge is 0.456 e. The van der Waals surface area contributed by atoms with E-state index in [1.54, 1.807) is 50.5 Å². The standard InChI is InChI=1S/C32H41N3O9/c1-18(37)27(30(40)33-14-15-36)34-29(39)20-16-24(28-25(17-20)43-32(44-28,21-9-10-21)22-11-12-22)42-31(41)23-7-5-4-6-19(23)8-13-26(38)35(2)3/h4-8,13,17-18,21-22,24-25,27-28,36-37H,9-12,14-16H2,1-3H3,(H,33,40)(H,34,39)/t18-,24+,25+,27+,28-/m0/s1. The lowest BCUT2D eigenvalue weighted by Crippen LogP contribution is -2.54. The Balaban J connectivity index is 1.39. The molecule has 0 aromatic heterocycles. The fraction of sp³-hybridized carbons (Fsp3) is 0.562. The van der Waals surface area contributed by atoms with Gasteiger partial charge in [-0.1, -0.05) is 18.2 Å². The van der Waals surface area contributed by atoms with E-state index in [0.717, 1.165) is 25.7 Å². The van der Waals surface area contributed by atoms with E-state index in [9.17, 15) is 24.3 Å². The zero-order valence-electron chi connectivity index (χ0n) is 25.2. The number of rotatable bonds is 12. The Labute approximate surface area is 256 Å². The minimum Gasteiger partial charge on any atom is -0.456 e. The van der Waals surface area contributed by atoms with Crippen LogP contribution in [0, 0.1) is 11.8 Å². The first kappa shape index (κ1) is 31.8. The maximum Gasteiger partial charge on any atom is 0.339 e. The topological polar surface area (TPSA) is 164 Å². The number of carbonyl (C=O) groups is 4. The Kier molecular flexibility index (Phi) is 9.54. The van der Waals surface area contributed by atoms with E-state index in [4.69, 9.17) is 19.3 Å². The van der Waals surface area contributed by atoms with Crippen molar-refractivity contribution >= 4 is 29.8 Å². The van der Waals surface area contributed by atoms with Gasteiger partial charge in [-0.15, -0.1) is 0 Å². The van der Waals surface area contributed by atoms with E-state index >= 15 is 0 Å². The third kappa shape index (κ3) is 6.88. The van der Waals surface area contributed by atoms with Crippen LogP contribution in [-0.4, -0.2) is 102 Å². The SMILES string of the molecule is C[C@H](O)[C@@H](NC(=O)C1=C[C@H]2OC(C3CC3)(C3CC3)O[C@H]2[C@H](OC(=O)c2ccccc2C=CC(=O)N(C)C)C1)C(=O)NCCO. The van der Waals surface area contributed by atoms with Crippen molar-refractivity contribution in [1.29, 1.82) is 0 Å². The number of esters is 1. The summed E-state index contributed by atoms with van der Waals surface area (Å²) < 4.78 is 19.3. The van der Waals surface area contributed by atoms with Crippen molar-refractivity contribution < 1.29 is 43.6 Å². The molecule has 3 aliphatic carbocycles. The molecule has 1 aromatic carbocycles. The van der Waals surface area contributed by atoms with Crippen LogP contribution in [0.5, 0.6) is 0 Å². The van der Waals surface area contributed by atoms with Crippen LogP contribution >= 0.6 is 0 Å². The Morgan fingerprint density at radius 3 is 2.41 bits per heavy atom. The number of nitrogens with one attached hydrogen (secondary N) is 2. The van der Waals surface area contributed by atoms with Gasteiger partial charge >= 0.3 is 5.97 Å². The van der Waals surface area contributed by atoms with E-state index in [1.807, 2.05) is 0 Å².